The fraction of sp³-hybridized carbons (Fsp3) is 0.143. The third kappa shape index (κ3) is 2.48. The molecule has 0 aliphatic rings. The molecule has 0 aliphatic heterocycles. The molecule has 0 saturated carbocycles. The Labute approximate surface area is 99.1 Å². The Bertz CT molecular complexity index is 443. The molecule has 0 saturated heterocycles. The molecule has 2 aromatic carbocycles. The Morgan fingerprint density at radius 2 is 1.67 bits per heavy atom. The summed E-state index contributed by atoms with van der Waals surface area (Å²) in [6, 6.07) is 17.1. The molecule has 0 aliphatic carbocycles. The molecule has 0 nitrogen and oxygen atoms in total. The molecule has 2 aromatic rings. The number of halogens is 1. The van der Waals surface area contributed by atoms with Crippen molar-refractivity contribution in [3.05, 3.63) is 58.6 Å². The molecule has 0 radical (unpaired) electrons. The maximum atomic E-state index is 3.45. The van der Waals surface area contributed by atoms with E-state index < -0.39 is 0 Å². The molecule has 0 bridgehead atoms. The molecule has 76 valence electrons. The van der Waals surface area contributed by atoms with Crippen LogP contribution in [0.3, 0.4) is 0 Å². The van der Waals surface area contributed by atoms with E-state index in [1.165, 1.54) is 16.7 Å². The predicted octanol–water partition coefficient (Wildman–Crippen LogP) is 4.68. The highest BCUT2D eigenvalue weighted by atomic mass is 79.9. The highest BCUT2D eigenvalue weighted by Crippen LogP contribution is 2.22. The third-order valence-electron chi connectivity index (χ3n) is 2.51. The van der Waals surface area contributed by atoms with Gasteiger partial charge in [-0.25, -0.2) is 0 Å². The summed E-state index contributed by atoms with van der Waals surface area (Å²) in [4.78, 5) is 0. The monoisotopic (exact) mass is 260 g/mol. The van der Waals surface area contributed by atoms with Gasteiger partial charge >= 0.3 is 0 Å². The quantitative estimate of drug-likeness (QED) is 0.736. The van der Waals surface area contributed by atoms with Gasteiger partial charge in [-0.05, 0) is 35.2 Å². The van der Waals surface area contributed by atoms with E-state index >= 15 is 0 Å². The second-order valence-electron chi connectivity index (χ2n) is 3.56. The van der Waals surface area contributed by atoms with Gasteiger partial charge in [0.15, 0.2) is 0 Å². The topological polar surface area (TPSA) is 0 Å². The molecular formula is C14H13Br. The zero-order chi connectivity index (χ0) is 10.7. The lowest BCUT2D eigenvalue weighted by Crippen LogP contribution is -1.82. The average molecular weight is 261 g/mol. The fourth-order valence-corrected chi connectivity index (χ4v) is 1.88. The van der Waals surface area contributed by atoms with E-state index in [1.54, 1.807) is 0 Å². The minimum Gasteiger partial charge on any atom is -0.0614 e. The van der Waals surface area contributed by atoms with Crippen LogP contribution < -0.4 is 0 Å². The molecule has 0 atom stereocenters. The summed E-state index contributed by atoms with van der Waals surface area (Å²) in [5.41, 5.74) is 3.95. The van der Waals surface area contributed by atoms with Gasteiger partial charge in [0.05, 0.1) is 0 Å². The highest BCUT2D eigenvalue weighted by Gasteiger charge is 1.97. The Hall–Kier alpha value is -1.08. The second kappa shape index (κ2) is 4.63. The first-order chi connectivity index (χ1) is 7.29. The first kappa shape index (κ1) is 10.4. The van der Waals surface area contributed by atoms with Gasteiger partial charge in [0, 0.05) is 4.47 Å². The van der Waals surface area contributed by atoms with Crippen LogP contribution in [0.1, 0.15) is 12.5 Å². The molecule has 2 rings (SSSR count). The summed E-state index contributed by atoms with van der Waals surface area (Å²) in [5, 5.41) is 0. The van der Waals surface area contributed by atoms with Crippen molar-refractivity contribution in [3.8, 4) is 11.1 Å². The fourth-order valence-electron chi connectivity index (χ4n) is 1.61. The van der Waals surface area contributed by atoms with Crippen LogP contribution in [0.5, 0.6) is 0 Å². The maximum Gasteiger partial charge on any atom is 0.0175 e. The van der Waals surface area contributed by atoms with E-state index in [0.29, 0.717) is 0 Å². The van der Waals surface area contributed by atoms with Crippen LogP contribution in [-0.4, -0.2) is 0 Å². The zero-order valence-corrected chi connectivity index (χ0v) is 10.3. The van der Waals surface area contributed by atoms with Gasteiger partial charge in [-0.3, -0.25) is 0 Å². The summed E-state index contributed by atoms with van der Waals surface area (Å²) >= 11 is 3.45. The van der Waals surface area contributed by atoms with E-state index in [0.717, 1.165) is 10.9 Å². The van der Waals surface area contributed by atoms with Crippen molar-refractivity contribution in [2.75, 3.05) is 0 Å². The molecule has 0 amide bonds. The van der Waals surface area contributed by atoms with Crippen LogP contribution >= 0.6 is 15.9 Å². The van der Waals surface area contributed by atoms with Crippen molar-refractivity contribution in [2.45, 2.75) is 13.3 Å². The molecule has 15 heavy (non-hydrogen) atoms. The lowest BCUT2D eigenvalue weighted by molar-refractivity contribution is 1.14. The van der Waals surface area contributed by atoms with Gasteiger partial charge in [-0.15, -0.1) is 0 Å². The van der Waals surface area contributed by atoms with Crippen LogP contribution in [0.15, 0.2) is 53.0 Å². The minimum atomic E-state index is 1.09. The smallest absolute Gasteiger partial charge is 0.0175 e. The third-order valence-corrected chi connectivity index (χ3v) is 3.04. The van der Waals surface area contributed by atoms with Gasteiger partial charge < -0.3 is 0 Å². The van der Waals surface area contributed by atoms with Crippen molar-refractivity contribution >= 4 is 15.9 Å². The van der Waals surface area contributed by atoms with Crippen LogP contribution in [0.4, 0.5) is 0 Å². The SMILES string of the molecule is CCc1cccc(-c2ccc(Br)cc2)c1. The van der Waals surface area contributed by atoms with Crippen molar-refractivity contribution in [2.24, 2.45) is 0 Å². The Kier molecular flexibility index (Phi) is 3.22. The molecule has 0 spiro atoms. The zero-order valence-electron chi connectivity index (χ0n) is 8.70. The molecule has 0 heterocycles. The van der Waals surface area contributed by atoms with E-state index in [4.69, 9.17) is 0 Å². The molecule has 0 fully saturated rings. The summed E-state index contributed by atoms with van der Waals surface area (Å²) in [6.07, 6.45) is 1.09. The highest BCUT2D eigenvalue weighted by molar-refractivity contribution is 9.10. The van der Waals surface area contributed by atoms with Crippen LogP contribution in [-0.2, 0) is 6.42 Å². The van der Waals surface area contributed by atoms with Gasteiger partial charge in [0.25, 0.3) is 0 Å². The first-order valence-corrected chi connectivity index (χ1v) is 5.94. The lowest BCUT2D eigenvalue weighted by atomic mass is 10.0. The molecule has 0 unspecified atom stereocenters. The molecule has 0 N–H and O–H groups in total. The first-order valence-electron chi connectivity index (χ1n) is 5.14. The van der Waals surface area contributed by atoms with Gasteiger partial charge in [0.1, 0.15) is 0 Å². The summed E-state index contributed by atoms with van der Waals surface area (Å²) in [6.45, 7) is 2.18. The number of hydrogen-bond donors (Lipinski definition) is 0. The van der Waals surface area contributed by atoms with Crippen molar-refractivity contribution in [1.82, 2.24) is 0 Å². The van der Waals surface area contributed by atoms with Crippen molar-refractivity contribution in [3.63, 3.8) is 0 Å². The van der Waals surface area contributed by atoms with Crippen molar-refractivity contribution in [1.29, 1.82) is 0 Å². The predicted molar refractivity (Wildman–Crippen MR) is 69.0 cm³/mol. The minimum absolute atomic E-state index is 1.09. The van der Waals surface area contributed by atoms with E-state index in [-0.39, 0.29) is 0 Å². The number of benzene rings is 2. The van der Waals surface area contributed by atoms with Crippen molar-refractivity contribution < 1.29 is 0 Å². The van der Waals surface area contributed by atoms with Gasteiger partial charge in [0.2, 0.25) is 0 Å². The summed E-state index contributed by atoms with van der Waals surface area (Å²) < 4.78 is 1.12. The molecular weight excluding hydrogens is 248 g/mol. The Balaban J connectivity index is 2.40. The summed E-state index contributed by atoms with van der Waals surface area (Å²) in [5.74, 6) is 0. The Morgan fingerprint density at radius 3 is 2.33 bits per heavy atom. The lowest BCUT2D eigenvalue weighted by Gasteiger charge is -2.04. The average Bonchev–Trinajstić information content (AvgIpc) is 2.30. The van der Waals surface area contributed by atoms with E-state index in [2.05, 4.69) is 71.4 Å². The molecule has 1 heteroatoms. The van der Waals surface area contributed by atoms with Crippen LogP contribution in [0.2, 0.25) is 0 Å². The second-order valence-corrected chi connectivity index (χ2v) is 4.48. The largest absolute Gasteiger partial charge is 0.0614 e. The standard InChI is InChI=1S/C14H13Br/c1-2-11-4-3-5-13(10-11)12-6-8-14(15)9-7-12/h3-10H,2H2,1H3. The summed E-state index contributed by atoms with van der Waals surface area (Å²) in [7, 11) is 0. The number of hydrogen-bond acceptors (Lipinski definition) is 0. The van der Waals surface area contributed by atoms with E-state index in [9.17, 15) is 0 Å². The van der Waals surface area contributed by atoms with Crippen LogP contribution in [0, 0.1) is 0 Å². The van der Waals surface area contributed by atoms with Crippen LogP contribution in [0.25, 0.3) is 11.1 Å². The van der Waals surface area contributed by atoms with Gasteiger partial charge in [-0.1, -0.05) is 59.3 Å². The normalized spacial score (nSPS) is 10.3. The Morgan fingerprint density at radius 1 is 0.933 bits per heavy atom. The maximum absolute atomic E-state index is 3.45. The molecule has 0 aromatic heterocycles. The number of aryl methyl sites for hydroxylation is 1. The van der Waals surface area contributed by atoms with Gasteiger partial charge in [-0.2, -0.15) is 0 Å². The number of rotatable bonds is 2. The van der Waals surface area contributed by atoms with E-state index in [1.807, 2.05) is 0 Å².